The number of carbonyl (C=O) groups is 5. The molecule has 6 fully saturated rings. The van der Waals surface area contributed by atoms with Crippen molar-refractivity contribution < 1.29 is 32.4 Å². The van der Waals surface area contributed by atoms with Gasteiger partial charge in [-0.15, -0.1) is 0 Å². The van der Waals surface area contributed by atoms with E-state index in [2.05, 4.69) is 42.6 Å². The average Bonchev–Trinajstić information content (AvgIpc) is 3.65. The topological polar surface area (TPSA) is 153 Å². The second kappa shape index (κ2) is 16.7. The van der Waals surface area contributed by atoms with Gasteiger partial charge in [0.15, 0.2) is 11.6 Å². The van der Waals surface area contributed by atoms with E-state index in [9.17, 15) is 27.6 Å². The molecule has 2 saturated heterocycles. The van der Waals surface area contributed by atoms with Crippen LogP contribution in [-0.4, -0.2) is 102 Å². The zero-order chi connectivity index (χ0) is 43.5. The summed E-state index contributed by atoms with van der Waals surface area (Å²) >= 11 is 0. The fraction of sp³-hybridized carbons (Fsp3) is 0.891. The van der Waals surface area contributed by atoms with Crippen LogP contribution in [0.1, 0.15) is 166 Å². The lowest BCUT2D eigenvalue weighted by atomic mass is 9.73. The molecule has 0 aromatic carbocycles. The Kier molecular flexibility index (Phi) is 13.1. The summed E-state index contributed by atoms with van der Waals surface area (Å²) in [6.45, 7) is 21.8. The zero-order valence-corrected chi connectivity index (χ0v) is 38.9. The van der Waals surface area contributed by atoms with E-state index in [1.807, 2.05) is 27.7 Å². The van der Waals surface area contributed by atoms with Crippen molar-refractivity contribution >= 4 is 39.5 Å². The highest BCUT2D eigenvalue weighted by Gasteiger charge is 2.85. The lowest BCUT2D eigenvalue weighted by Crippen LogP contribution is -2.54. The van der Waals surface area contributed by atoms with Gasteiger partial charge in [-0.2, -0.15) is 12.7 Å². The molecule has 2 aliphatic heterocycles. The molecule has 6 rings (SSSR count). The molecular formula is C46H77N5O7S. The Morgan fingerprint density at radius 2 is 1.49 bits per heavy atom. The van der Waals surface area contributed by atoms with Crippen LogP contribution in [0, 0.1) is 44.8 Å². The number of carbonyl (C=O) groups excluding carboxylic acids is 5. The minimum Gasteiger partial charge on any atom is -0.345 e. The first kappa shape index (κ1) is 46.1. The van der Waals surface area contributed by atoms with Crippen molar-refractivity contribution in [3.63, 3.8) is 0 Å². The Morgan fingerprint density at radius 1 is 0.847 bits per heavy atom. The van der Waals surface area contributed by atoms with Crippen LogP contribution in [0.5, 0.6) is 0 Å². The number of hydrogen-bond acceptors (Lipinski definition) is 8. The summed E-state index contributed by atoms with van der Waals surface area (Å²) in [7, 11) is -4.09. The van der Waals surface area contributed by atoms with Gasteiger partial charge in [0, 0.05) is 49.9 Å². The third kappa shape index (κ3) is 7.97. The smallest absolute Gasteiger partial charge is 0.303 e. The van der Waals surface area contributed by atoms with Crippen molar-refractivity contribution in [2.24, 2.45) is 44.8 Å². The molecule has 2 N–H and O–H groups in total. The summed E-state index contributed by atoms with van der Waals surface area (Å²) in [5.74, 6) is -2.12. The van der Waals surface area contributed by atoms with Gasteiger partial charge in [-0.05, 0) is 99.8 Å². The molecule has 0 aromatic heterocycles. The average molecular weight is 844 g/mol. The summed E-state index contributed by atoms with van der Waals surface area (Å²) in [6.07, 6.45) is 11.1. The van der Waals surface area contributed by atoms with Crippen molar-refractivity contribution in [3.05, 3.63) is 0 Å². The molecule has 4 aliphatic carbocycles. The molecule has 0 radical (unpaired) electrons. The molecule has 7 atom stereocenters. The number of nitrogens with zero attached hydrogens (tertiary/aromatic N) is 3. The Balaban J connectivity index is 1.28. The molecule has 13 heteroatoms. The van der Waals surface area contributed by atoms with Crippen LogP contribution < -0.4 is 10.0 Å². The molecule has 4 saturated carbocycles. The molecule has 0 bridgehead atoms. The van der Waals surface area contributed by atoms with E-state index in [1.54, 1.807) is 18.7 Å². The molecule has 3 amide bonds. The Labute approximate surface area is 355 Å². The standard InChI is InChI=1S/C46H77N5O7S/c1-11-32-26-44(32,41(56)48-59(57,58)49(12-2)13-3)28-37(53)35-27-46(43(9,10)45(46)22-18-23-45)29-51(35)40(55)33(42(6,7)8)25-36(52)38(31-19-15-14-16-20-31)47-39(54)34-21-17-24-50(34)30(4)5/h30-35,38H,11-29H2,1-10H3,(H,47,54)(H,48,56)/t32-,33-,34+,35+,38+,44-,46-/m1/s1. The third-order valence-corrected chi connectivity index (χ3v) is 18.8. The van der Waals surface area contributed by atoms with Gasteiger partial charge in [-0.3, -0.25) is 28.9 Å². The van der Waals surface area contributed by atoms with Gasteiger partial charge in [-0.25, -0.2) is 4.72 Å². The van der Waals surface area contributed by atoms with E-state index in [-0.39, 0.29) is 89.5 Å². The first-order valence-electron chi connectivity index (χ1n) is 23.3. The third-order valence-electron chi connectivity index (χ3n) is 17.2. The van der Waals surface area contributed by atoms with Gasteiger partial charge in [-0.1, -0.05) is 87.5 Å². The Hall–Kier alpha value is -2.38. The van der Waals surface area contributed by atoms with Gasteiger partial charge in [0.2, 0.25) is 17.7 Å². The SMILES string of the molecule is CC[C@@H]1C[C@]1(CC(=O)[C@@H]1C[C@@]2(CN1C(=O)[C@@H](CC(=O)[C@@H](NC(=O)[C@@H]1CCCN1C(C)C)C1CCCCC1)C(C)(C)C)C(C)(C)C21CCC1)C(=O)NS(=O)(=O)N(CC)CC. The maximum atomic E-state index is 15.4. The van der Waals surface area contributed by atoms with Gasteiger partial charge in [0.1, 0.15) is 0 Å². The number of rotatable bonds is 17. The van der Waals surface area contributed by atoms with Crippen LogP contribution in [0.3, 0.4) is 0 Å². The van der Waals surface area contributed by atoms with Crippen LogP contribution in [-0.2, 0) is 34.2 Å². The number of Topliss-reactive ketones (excluding diaryl/α,β-unsaturated/α-hetero) is 2. The maximum Gasteiger partial charge on any atom is 0.303 e. The minimum atomic E-state index is -4.09. The molecule has 12 nitrogen and oxygen atoms in total. The van der Waals surface area contributed by atoms with Crippen molar-refractivity contribution in [1.29, 1.82) is 0 Å². The van der Waals surface area contributed by atoms with E-state index in [1.165, 1.54) is 4.31 Å². The van der Waals surface area contributed by atoms with Crippen LogP contribution in [0.25, 0.3) is 0 Å². The van der Waals surface area contributed by atoms with Crippen molar-refractivity contribution in [1.82, 2.24) is 24.1 Å². The highest BCUT2D eigenvalue weighted by Crippen LogP contribution is 2.88. The van der Waals surface area contributed by atoms with Gasteiger partial charge in [0.05, 0.1) is 23.5 Å². The Bertz CT molecular complexity index is 1740. The second-order valence-electron chi connectivity index (χ2n) is 21.4. The largest absolute Gasteiger partial charge is 0.345 e. The van der Waals surface area contributed by atoms with Gasteiger partial charge < -0.3 is 10.2 Å². The maximum absolute atomic E-state index is 15.4. The lowest BCUT2D eigenvalue weighted by Gasteiger charge is -2.37. The van der Waals surface area contributed by atoms with E-state index >= 15 is 4.79 Å². The summed E-state index contributed by atoms with van der Waals surface area (Å²) in [5.41, 5.74) is -2.08. The number of likely N-dealkylation sites (tertiary alicyclic amines) is 2. The molecular weight excluding hydrogens is 767 g/mol. The van der Waals surface area contributed by atoms with Crippen molar-refractivity contribution in [2.75, 3.05) is 26.2 Å². The van der Waals surface area contributed by atoms with E-state index in [4.69, 9.17) is 0 Å². The molecule has 0 unspecified atom stereocenters. The number of hydrogen-bond donors (Lipinski definition) is 2. The van der Waals surface area contributed by atoms with Gasteiger partial charge >= 0.3 is 10.2 Å². The van der Waals surface area contributed by atoms with E-state index in [0.29, 0.717) is 25.8 Å². The van der Waals surface area contributed by atoms with Crippen LogP contribution >= 0.6 is 0 Å². The summed E-state index contributed by atoms with van der Waals surface area (Å²) in [4.78, 5) is 77.0. The van der Waals surface area contributed by atoms with E-state index in [0.717, 1.165) is 70.8 Å². The normalized spacial score (nSPS) is 31.3. The van der Waals surface area contributed by atoms with Crippen LogP contribution in [0.2, 0.25) is 0 Å². The number of fused-ring (bicyclic) bond motifs is 1. The first-order valence-corrected chi connectivity index (χ1v) is 24.8. The number of nitrogens with one attached hydrogen (secondary N) is 2. The fourth-order valence-electron chi connectivity index (χ4n) is 13.0. The molecule has 2 spiro atoms. The quantitative estimate of drug-likeness (QED) is 0.170. The fourth-order valence-corrected chi connectivity index (χ4v) is 14.3. The minimum absolute atomic E-state index is 0.0119. The van der Waals surface area contributed by atoms with Crippen LogP contribution in [0.15, 0.2) is 0 Å². The lowest BCUT2D eigenvalue weighted by molar-refractivity contribution is -0.147. The summed E-state index contributed by atoms with van der Waals surface area (Å²) in [6, 6.07) is -1.51. The first-order chi connectivity index (χ1) is 27.6. The predicted octanol–water partition coefficient (Wildman–Crippen LogP) is 6.42. The molecule has 6 aliphatic rings. The highest BCUT2D eigenvalue weighted by atomic mass is 32.2. The Morgan fingerprint density at radius 3 is 2.00 bits per heavy atom. The van der Waals surface area contributed by atoms with Gasteiger partial charge in [0.25, 0.3) is 0 Å². The second-order valence-corrected chi connectivity index (χ2v) is 23.1. The summed E-state index contributed by atoms with van der Waals surface area (Å²) < 4.78 is 29.9. The molecule has 59 heavy (non-hydrogen) atoms. The monoisotopic (exact) mass is 844 g/mol. The highest BCUT2D eigenvalue weighted by molar-refractivity contribution is 7.87. The van der Waals surface area contributed by atoms with Crippen LogP contribution in [0.4, 0.5) is 0 Å². The number of amides is 3. The predicted molar refractivity (Wildman–Crippen MR) is 229 cm³/mol. The zero-order valence-electron chi connectivity index (χ0n) is 38.1. The molecule has 2 heterocycles. The molecule has 0 aromatic rings. The number of ketones is 2. The van der Waals surface area contributed by atoms with Crippen molar-refractivity contribution in [2.45, 2.75) is 190 Å². The van der Waals surface area contributed by atoms with Crippen molar-refractivity contribution in [3.8, 4) is 0 Å². The van der Waals surface area contributed by atoms with E-state index < -0.39 is 44.9 Å². The summed E-state index contributed by atoms with van der Waals surface area (Å²) in [5, 5.41) is 3.26. The molecule has 334 valence electrons.